The average molecular weight is 525 g/mol. The minimum Gasteiger partial charge on any atom is -0.490 e. The zero-order chi connectivity index (χ0) is 20.6. The van der Waals surface area contributed by atoms with Gasteiger partial charge in [0.05, 0.1) is 12.2 Å². The highest BCUT2D eigenvalue weighted by molar-refractivity contribution is 14.0. The Balaban J connectivity index is 0.00000320. The predicted molar refractivity (Wildman–Crippen MR) is 134 cm³/mol. The Bertz CT molecular complexity index is 797. The van der Waals surface area contributed by atoms with E-state index in [4.69, 9.17) is 9.73 Å². The number of piperidine rings is 1. The van der Waals surface area contributed by atoms with Crippen LogP contribution < -0.4 is 10.1 Å². The van der Waals surface area contributed by atoms with Gasteiger partial charge in [0, 0.05) is 50.8 Å². The number of benzene rings is 1. The van der Waals surface area contributed by atoms with E-state index in [1.54, 1.807) is 0 Å². The van der Waals surface area contributed by atoms with Crippen LogP contribution in [-0.2, 0) is 26.4 Å². The Morgan fingerprint density at radius 3 is 2.43 bits per heavy atom. The summed E-state index contributed by atoms with van der Waals surface area (Å²) >= 11 is 0. The van der Waals surface area contributed by atoms with Gasteiger partial charge in [-0.2, -0.15) is 5.10 Å². The van der Waals surface area contributed by atoms with Crippen LogP contribution in [0.15, 0.2) is 35.3 Å². The number of ether oxygens (including phenoxy) is 1. The predicted octanol–water partition coefficient (Wildman–Crippen LogP) is 4.17. The molecule has 0 bridgehead atoms. The van der Waals surface area contributed by atoms with E-state index < -0.39 is 0 Å². The number of hydrogen-bond acceptors (Lipinski definition) is 3. The maximum Gasteiger partial charge on any atom is 0.194 e. The van der Waals surface area contributed by atoms with E-state index in [0.717, 1.165) is 57.0 Å². The van der Waals surface area contributed by atoms with Crippen LogP contribution in [0.25, 0.3) is 0 Å². The van der Waals surface area contributed by atoms with Crippen LogP contribution in [0.4, 0.5) is 0 Å². The third kappa shape index (κ3) is 6.12. The molecule has 1 fully saturated rings. The minimum absolute atomic E-state index is 0. The molecule has 7 heteroatoms. The number of aryl methyl sites for hydroxylation is 2. The van der Waals surface area contributed by atoms with Gasteiger partial charge in [-0.25, -0.2) is 4.99 Å². The molecule has 3 rings (SSSR count). The summed E-state index contributed by atoms with van der Waals surface area (Å²) in [5, 5.41) is 8.16. The maximum atomic E-state index is 6.14. The number of nitrogens with one attached hydrogen (secondary N) is 1. The van der Waals surface area contributed by atoms with E-state index in [-0.39, 0.29) is 30.1 Å². The highest BCUT2D eigenvalue weighted by Gasteiger charge is 2.23. The highest BCUT2D eigenvalue weighted by Crippen LogP contribution is 2.20. The topological polar surface area (TPSA) is 54.7 Å². The van der Waals surface area contributed by atoms with Crippen LogP contribution in [0, 0.1) is 0 Å². The van der Waals surface area contributed by atoms with E-state index >= 15 is 0 Å². The molecule has 0 amide bonds. The van der Waals surface area contributed by atoms with Gasteiger partial charge in [-0.05, 0) is 31.9 Å². The van der Waals surface area contributed by atoms with Crippen LogP contribution in [0.5, 0.6) is 5.75 Å². The molecule has 1 aromatic carbocycles. The number of likely N-dealkylation sites (tertiary alicyclic amines) is 1. The summed E-state index contributed by atoms with van der Waals surface area (Å²) in [6, 6.07) is 10.1. The average Bonchev–Trinajstić information content (AvgIpc) is 3.07. The van der Waals surface area contributed by atoms with Gasteiger partial charge in [0.1, 0.15) is 11.9 Å². The first-order chi connectivity index (χ1) is 14.2. The molecule has 0 saturated carbocycles. The largest absolute Gasteiger partial charge is 0.490 e. The zero-order valence-electron chi connectivity index (χ0n) is 18.7. The van der Waals surface area contributed by atoms with Gasteiger partial charge in [0.2, 0.25) is 0 Å². The molecule has 6 nitrogen and oxygen atoms in total. The first kappa shape index (κ1) is 24.5. The molecule has 0 aliphatic carbocycles. The van der Waals surface area contributed by atoms with Gasteiger partial charge in [-0.3, -0.25) is 4.68 Å². The summed E-state index contributed by atoms with van der Waals surface area (Å²) in [5.41, 5.74) is 3.74. The van der Waals surface area contributed by atoms with E-state index in [1.807, 2.05) is 42.1 Å². The molecule has 1 aromatic heterocycles. The van der Waals surface area contributed by atoms with Crippen molar-refractivity contribution in [2.24, 2.45) is 12.0 Å². The molecule has 2 heterocycles. The summed E-state index contributed by atoms with van der Waals surface area (Å²) in [7, 11) is 2.04. The van der Waals surface area contributed by atoms with Crippen molar-refractivity contribution in [1.82, 2.24) is 20.0 Å². The summed E-state index contributed by atoms with van der Waals surface area (Å²) in [5.74, 6) is 1.96. The van der Waals surface area contributed by atoms with Crippen LogP contribution in [0.1, 0.15) is 50.6 Å². The van der Waals surface area contributed by atoms with Crippen molar-refractivity contribution in [2.75, 3.05) is 19.6 Å². The molecule has 1 aliphatic heterocycles. The zero-order valence-corrected chi connectivity index (χ0v) is 21.1. The second-order valence-corrected chi connectivity index (χ2v) is 7.49. The number of aromatic nitrogens is 2. The van der Waals surface area contributed by atoms with Crippen molar-refractivity contribution in [3.05, 3.63) is 47.3 Å². The SMILES string of the molecule is CCNC(=NCc1c(CC)nn(C)c1CC)N1CCC(Oc2ccccc2)CC1.I. The number of guanidine groups is 1. The molecule has 0 atom stereocenters. The summed E-state index contributed by atoms with van der Waals surface area (Å²) in [4.78, 5) is 7.35. The van der Waals surface area contributed by atoms with Crippen LogP contribution >= 0.6 is 24.0 Å². The Hall–Kier alpha value is -1.77. The summed E-state index contributed by atoms with van der Waals surface area (Å²) < 4.78 is 8.15. The van der Waals surface area contributed by atoms with Crippen molar-refractivity contribution in [3.63, 3.8) is 0 Å². The van der Waals surface area contributed by atoms with Crippen molar-refractivity contribution >= 4 is 29.9 Å². The number of para-hydroxylation sites is 1. The molecular formula is C23H36IN5O. The molecule has 166 valence electrons. The number of halogens is 1. The molecule has 0 unspecified atom stereocenters. The van der Waals surface area contributed by atoms with Gasteiger partial charge >= 0.3 is 0 Å². The smallest absolute Gasteiger partial charge is 0.194 e. The van der Waals surface area contributed by atoms with E-state index in [2.05, 4.69) is 36.1 Å². The quantitative estimate of drug-likeness (QED) is 0.335. The van der Waals surface area contributed by atoms with E-state index in [9.17, 15) is 0 Å². The van der Waals surface area contributed by atoms with Crippen molar-refractivity contribution in [3.8, 4) is 5.75 Å². The second kappa shape index (κ2) is 12.2. The van der Waals surface area contributed by atoms with Crippen molar-refractivity contribution in [1.29, 1.82) is 0 Å². The Morgan fingerprint density at radius 2 is 1.83 bits per heavy atom. The molecule has 0 spiro atoms. The lowest BCUT2D eigenvalue weighted by atomic mass is 10.1. The van der Waals surface area contributed by atoms with Crippen LogP contribution in [0.3, 0.4) is 0 Å². The molecule has 0 radical (unpaired) electrons. The van der Waals surface area contributed by atoms with E-state index in [1.165, 1.54) is 17.0 Å². The lowest BCUT2D eigenvalue weighted by Gasteiger charge is -2.34. The third-order valence-electron chi connectivity index (χ3n) is 5.54. The monoisotopic (exact) mass is 525 g/mol. The molecule has 2 aromatic rings. The highest BCUT2D eigenvalue weighted by atomic mass is 127. The normalized spacial score (nSPS) is 15.1. The van der Waals surface area contributed by atoms with Crippen molar-refractivity contribution < 1.29 is 4.74 Å². The first-order valence-electron chi connectivity index (χ1n) is 10.9. The number of rotatable bonds is 7. The fraction of sp³-hybridized carbons (Fsp3) is 0.565. The van der Waals surface area contributed by atoms with E-state index in [0.29, 0.717) is 6.54 Å². The fourth-order valence-electron chi connectivity index (χ4n) is 4.03. The first-order valence-corrected chi connectivity index (χ1v) is 10.9. The fourth-order valence-corrected chi connectivity index (χ4v) is 4.03. The second-order valence-electron chi connectivity index (χ2n) is 7.49. The molecule has 1 aliphatic rings. The van der Waals surface area contributed by atoms with Gasteiger partial charge in [-0.1, -0.05) is 32.0 Å². The lowest BCUT2D eigenvalue weighted by Crippen LogP contribution is -2.47. The standard InChI is InChI=1S/C23H35N5O.HI/c1-5-21-20(22(6-2)27(4)26-21)17-25-23(24-7-3)28-15-13-19(14-16-28)29-18-11-9-8-10-12-18;/h8-12,19H,5-7,13-17H2,1-4H3,(H,24,25);1H. The van der Waals surface area contributed by atoms with Gasteiger partial charge in [0.15, 0.2) is 5.96 Å². The Labute approximate surface area is 198 Å². The molecule has 1 N–H and O–H groups in total. The Kier molecular flexibility index (Phi) is 9.94. The number of aliphatic imine (C=N–C) groups is 1. The summed E-state index contributed by atoms with van der Waals surface area (Å²) in [6.45, 7) is 9.94. The summed E-state index contributed by atoms with van der Waals surface area (Å²) in [6.07, 6.45) is 4.21. The lowest BCUT2D eigenvalue weighted by molar-refractivity contribution is 0.129. The molecular weight excluding hydrogens is 489 g/mol. The molecule has 30 heavy (non-hydrogen) atoms. The van der Waals surface area contributed by atoms with Gasteiger partial charge < -0.3 is 15.0 Å². The third-order valence-corrected chi connectivity index (χ3v) is 5.54. The minimum atomic E-state index is 0. The van der Waals surface area contributed by atoms with Crippen LogP contribution in [-0.4, -0.2) is 46.4 Å². The van der Waals surface area contributed by atoms with Crippen LogP contribution in [0.2, 0.25) is 0 Å². The maximum absolute atomic E-state index is 6.14. The number of nitrogens with zero attached hydrogens (tertiary/aromatic N) is 4. The van der Waals surface area contributed by atoms with Gasteiger partial charge in [0.25, 0.3) is 0 Å². The van der Waals surface area contributed by atoms with Crippen molar-refractivity contribution in [2.45, 2.75) is 59.1 Å². The molecule has 1 saturated heterocycles. The Morgan fingerprint density at radius 1 is 1.13 bits per heavy atom. The van der Waals surface area contributed by atoms with Gasteiger partial charge in [-0.15, -0.1) is 24.0 Å². The number of hydrogen-bond donors (Lipinski definition) is 1.